The van der Waals surface area contributed by atoms with Crippen molar-refractivity contribution in [2.75, 3.05) is 0 Å². The Balaban J connectivity index is 1.41. The second-order valence-corrected chi connectivity index (χ2v) is 7.39. The smallest absolute Gasteiger partial charge is 0.159 e. The third-order valence-electron chi connectivity index (χ3n) is 4.94. The van der Waals surface area contributed by atoms with Crippen molar-refractivity contribution in [3.63, 3.8) is 0 Å². The molecular formula is C23H22ClN5. The number of nitrogens with one attached hydrogen (secondary N) is 1. The third-order valence-corrected chi connectivity index (χ3v) is 5.19. The van der Waals surface area contributed by atoms with Crippen LogP contribution in [0.2, 0.25) is 5.02 Å². The standard InChI is InChI=1S/C23H22ClN5/c1-16(22-15-28-29(17(22)2)21-6-4-3-5-7-21)25-12-18-13-26-23(27-14-18)19-8-10-20(24)11-9-19/h3-11,13-16,25H,12H2,1-2H3. The third kappa shape index (κ3) is 4.36. The minimum atomic E-state index is 0.156. The fraction of sp³-hybridized carbons (Fsp3) is 0.174. The topological polar surface area (TPSA) is 55.6 Å². The van der Waals surface area contributed by atoms with E-state index in [2.05, 4.69) is 46.4 Å². The zero-order valence-corrected chi connectivity index (χ0v) is 17.1. The lowest BCUT2D eigenvalue weighted by Gasteiger charge is -2.14. The van der Waals surface area contributed by atoms with E-state index < -0.39 is 0 Å². The number of halogens is 1. The maximum absolute atomic E-state index is 5.94. The van der Waals surface area contributed by atoms with Crippen LogP contribution >= 0.6 is 11.6 Å². The zero-order chi connectivity index (χ0) is 20.2. The highest BCUT2D eigenvalue weighted by molar-refractivity contribution is 6.30. The molecule has 2 aromatic carbocycles. The monoisotopic (exact) mass is 403 g/mol. The fourth-order valence-electron chi connectivity index (χ4n) is 3.25. The highest BCUT2D eigenvalue weighted by Gasteiger charge is 2.14. The van der Waals surface area contributed by atoms with Crippen LogP contribution in [0.15, 0.2) is 73.2 Å². The Kier molecular flexibility index (Phi) is 5.69. The molecule has 0 saturated carbocycles. The van der Waals surface area contributed by atoms with Crippen LogP contribution in [0.1, 0.15) is 29.8 Å². The predicted molar refractivity (Wildman–Crippen MR) is 116 cm³/mol. The van der Waals surface area contributed by atoms with Gasteiger partial charge in [0.05, 0.1) is 11.9 Å². The summed E-state index contributed by atoms with van der Waals surface area (Å²) in [6, 6.07) is 17.8. The van der Waals surface area contributed by atoms with Crippen molar-refractivity contribution in [2.45, 2.75) is 26.4 Å². The molecule has 29 heavy (non-hydrogen) atoms. The lowest BCUT2D eigenvalue weighted by atomic mass is 10.1. The summed E-state index contributed by atoms with van der Waals surface area (Å²) in [7, 11) is 0. The molecular weight excluding hydrogens is 382 g/mol. The van der Waals surface area contributed by atoms with Crippen molar-refractivity contribution >= 4 is 11.6 Å². The molecule has 6 heteroatoms. The average Bonchev–Trinajstić information content (AvgIpc) is 3.15. The molecule has 0 spiro atoms. The average molecular weight is 404 g/mol. The summed E-state index contributed by atoms with van der Waals surface area (Å²) in [5, 5.41) is 8.80. The lowest BCUT2D eigenvalue weighted by Crippen LogP contribution is -2.19. The molecule has 0 aliphatic heterocycles. The Bertz CT molecular complexity index is 1070. The van der Waals surface area contributed by atoms with Crippen molar-refractivity contribution in [1.29, 1.82) is 0 Å². The van der Waals surface area contributed by atoms with Crippen molar-refractivity contribution in [3.8, 4) is 17.1 Å². The summed E-state index contributed by atoms with van der Waals surface area (Å²) in [6.07, 6.45) is 5.65. The molecule has 2 aromatic heterocycles. The Morgan fingerprint density at radius 1 is 0.966 bits per heavy atom. The van der Waals surface area contributed by atoms with Crippen LogP contribution in [0, 0.1) is 6.92 Å². The highest BCUT2D eigenvalue weighted by atomic mass is 35.5. The number of rotatable bonds is 6. The molecule has 146 valence electrons. The van der Waals surface area contributed by atoms with Crippen LogP contribution in [0.3, 0.4) is 0 Å². The van der Waals surface area contributed by atoms with Gasteiger partial charge in [0.2, 0.25) is 0 Å². The summed E-state index contributed by atoms with van der Waals surface area (Å²) in [5.74, 6) is 0.693. The van der Waals surface area contributed by atoms with Crippen molar-refractivity contribution < 1.29 is 0 Å². The molecule has 1 atom stereocenters. The Hall–Kier alpha value is -3.02. The minimum absolute atomic E-state index is 0.156. The maximum atomic E-state index is 5.94. The van der Waals surface area contributed by atoms with Crippen LogP contribution in [0.5, 0.6) is 0 Å². The van der Waals surface area contributed by atoms with Gasteiger partial charge in [0.1, 0.15) is 0 Å². The second kappa shape index (κ2) is 8.55. The van der Waals surface area contributed by atoms with E-state index in [-0.39, 0.29) is 6.04 Å². The van der Waals surface area contributed by atoms with Crippen molar-refractivity contribution in [2.24, 2.45) is 0 Å². The normalized spacial score (nSPS) is 12.1. The van der Waals surface area contributed by atoms with E-state index in [0.717, 1.165) is 22.5 Å². The molecule has 0 aliphatic rings. The number of para-hydroxylation sites is 1. The van der Waals surface area contributed by atoms with Crippen molar-refractivity contribution in [3.05, 3.63) is 95.0 Å². The van der Waals surface area contributed by atoms with Gasteiger partial charge in [0.15, 0.2) is 5.82 Å². The fourth-order valence-corrected chi connectivity index (χ4v) is 3.38. The van der Waals surface area contributed by atoms with Crippen LogP contribution in [-0.2, 0) is 6.54 Å². The molecule has 2 heterocycles. The summed E-state index contributed by atoms with van der Waals surface area (Å²) in [6.45, 7) is 4.91. The van der Waals surface area contributed by atoms with Gasteiger partial charge in [-0.15, -0.1) is 0 Å². The molecule has 0 saturated heterocycles. The van der Waals surface area contributed by atoms with Gasteiger partial charge in [0, 0.05) is 52.4 Å². The maximum Gasteiger partial charge on any atom is 0.159 e. The van der Waals surface area contributed by atoms with Gasteiger partial charge < -0.3 is 5.32 Å². The van der Waals surface area contributed by atoms with Crippen LogP contribution in [0.25, 0.3) is 17.1 Å². The zero-order valence-electron chi connectivity index (χ0n) is 16.4. The van der Waals surface area contributed by atoms with Crippen LogP contribution < -0.4 is 5.32 Å². The van der Waals surface area contributed by atoms with Gasteiger partial charge in [-0.05, 0) is 50.2 Å². The molecule has 1 unspecified atom stereocenters. The number of hydrogen-bond acceptors (Lipinski definition) is 4. The Morgan fingerprint density at radius 3 is 2.34 bits per heavy atom. The lowest BCUT2D eigenvalue weighted by molar-refractivity contribution is 0.570. The quantitative estimate of drug-likeness (QED) is 0.484. The first kappa shape index (κ1) is 19.3. The molecule has 0 radical (unpaired) electrons. The van der Waals surface area contributed by atoms with E-state index in [1.165, 1.54) is 5.56 Å². The van der Waals surface area contributed by atoms with E-state index in [1.54, 1.807) is 0 Å². The highest BCUT2D eigenvalue weighted by Crippen LogP contribution is 2.21. The van der Waals surface area contributed by atoms with E-state index >= 15 is 0 Å². The van der Waals surface area contributed by atoms with Crippen LogP contribution in [-0.4, -0.2) is 19.7 Å². The Morgan fingerprint density at radius 2 is 1.66 bits per heavy atom. The second-order valence-electron chi connectivity index (χ2n) is 6.96. The van der Waals surface area contributed by atoms with E-state index in [0.29, 0.717) is 17.4 Å². The molecule has 0 aliphatic carbocycles. The first-order valence-electron chi connectivity index (χ1n) is 9.52. The Labute approximate surface area is 175 Å². The van der Waals surface area contributed by atoms with E-state index in [4.69, 9.17) is 11.6 Å². The van der Waals surface area contributed by atoms with E-state index in [1.807, 2.05) is 65.7 Å². The van der Waals surface area contributed by atoms with Crippen molar-refractivity contribution in [1.82, 2.24) is 25.1 Å². The predicted octanol–water partition coefficient (Wildman–Crippen LogP) is 5.14. The summed E-state index contributed by atoms with van der Waals surface area (Å²) < 4.78 is 1.97. The number of hydrogen-bond donors (Lipinski definition) is 1. The molecule has 4 rings (SSSR count). The largest absolute Gasteiger partial charge is 0.306 e. The first-order valence-corrected chi connectivity index (χ1v) is 9.90. The van der Waals surface area contributed by atoms with Gasteiger partial charge in [-0.3, -0.25) is 0 Å². The molecule has 1 N–H and O–H groups in total. The van der Waals surface area contributed by atoms with E-state index in [9.17, 15) is 0 Å². The van der Waals surface area contributed by atoms with Gasteiger partial charge in [-0.1, -0.05) is 29.8 Å². The minimum Gasteiger partial charge on any atom is -0.306 e. The molecule has 0 fully saturated rings. The molecule has 0 amide bonds. The molecule has 0 bridgehead atoms. The molecule has 4 aromatic rings. The molecule has 5 nitrogen and oxygen atoms in total. The summed E-state index contributed by atoms with van der Waals surface area (Å²) >= 11 is 5.94. The van der Waals surface area contributed by atoms with Gasteiger partial charge >= 0.3 is 0 Å². The van der Waals surface area contributed by atoms with Gasteiger partial charge in [0.25, 0.3) is 0 Å². The number of benzene rings is 2. The number of nitrogens with zero attached hydrogens (tertiary/aromatic N) is 4. The van der Waals surface area contributed by atoms with Gasteiger partial charge in [-0.25, -0.2) is 14.6 Å². The summed E-state index contributed by atoms with van der Waals surface area (Å²) in [5.41, 5.74) is 5.35. The summed E-state index contributed by atoms with van der Waals surface area (Å²) in [4.78, 5) is 8.96. The first-order chi connectivity index (χ1) is 14.1. The van der Waals surface area contributed by atoms with Crippen LogP contribution in [0.4, 0.5) is 0 Å². The van der Waals surface area contributed by atoms with Gasteiger partial charge in [-0.2, -0.15) is 5.10 Å². The number of aromatic nitrogens is 4. The SMILES string of the molecule is Cc1c(C(C)NCc2cnc(-c3ccc(Cl)cc3)nc2)cnn1-c1ccccc1.